The average molecular weight is 268 g/mol. The summed E-state index contributed by atoms with van der Waals surface area (Å²) in [4.78, 5) is 15.6. The minimum atomic E-state index is -0.459. The molecule has 96 valence electrons. The Kier molecular flexibility index (Phi) is 3.72. The number of halogens is 1. The maximum absolute atomic E-state index is 11.4. The lowest BCUT2D eigenvalue weighted by atomic mass is 10.2. The maximum Gasteiger partial charge on any atom is 0.375 e. The molecule has 1 aromatic rings. The molecule has 1 aromatic carbocycles. The molecule has 0 bridgehead atoms. The number of nitrogens with zero attached hydrogens (tertiary/aromatic N) is 1. The second-order valence-electron chi connectivity index (χ2n) is 4.14. The van der Waals surface area contributed by atoms with Gasteiger partial charge in [0.25, 0.3) is 0 Å². The number of benzene rings is 1. The van der Waals surface area contributed by atoms with Crippen molar-refractivity contribution in [2.45, 2.75) is 19.9 Å². The smallest absolute Gasteiger partial charge is 0.375 e. The second kappa shape index (κ2) is 5.27. The van der Waals surface area contributed by atoms with Gasteiger partial charge in [-0.1, -0.05) is 17.7 Å². The number of aryl methyl sites for hydroxylation is 1. The molecule has 2 rings (SSSR count). The molecule has 1 aliphatic rings. The van der Waals surface area contributed by atoms with Crippen molar-refractivity contribution in [2.75, 3.05) is 12.0 Å². The molecule has 1 heterocycles. The van der Waals surface area contributed by atoms with E-state index in [9.17, 15) is 4.79 Å². The molecule has 0 amide bonds. The van der Waals surface area contributed by atoms with Gasteiger partial charge in [0, 0.05) is 5.02 Å². The zero-order valence-corrected chi connectivity index (χ0v) is 10.9. The number of aliphatic imine (C=N–C) groups is 1. The maximum atomic E-state index is 11.4. The van der Waals surface area contributed by atoms with Crippen LogP contribution in [0.1, 0.15) is 12.5 Å². The summed E-state index contributed by atoms with van der Waals surface area (Å²) in [5, 5.41) is 0.656. The van der Waals surface area contributed by atoms with E-state index in [0.717, 1.165) is 11.3 Å². The summed E-state index contributed by atoms with van der Waals surface area (Å²) in [5.74, 6) is -0.288. The van der Waals surface area contributed by atoms with Crippen molar-refractivity contribution in [2.24, 2.45) is 4.99 Å². The molecule has 1 aliphatic heterocycles. The van der Waals surface area contributed by atoms with E-state index in [4.69, 9.17) is 16.3 Å². The predicted octanol–water partition coefficient (Wildman–Crippen LogP) is 1.91. The summed E-state index contributed by atoms with van der Waals surface area (Å²) >= 11 is 6.00. The van der Waals surface area contributed by atoms with Crippen molar-refractivity contribution in [3.8, 4) is 0 Å². The summed E-state index contributed by atoms with van der Waals surface area (Å²) in [6.07, 6.45) is 0. The fourth-order valence-corrected chi connectivity index (χ4v) is 1.64. The predicted molar refractivity (Wildman–Crippen MR) is 70.8 cm³/mol. The van der Waals surface area contributed by atoms with Gasteiger partial charge in [-0.3, -0.25) is 15.8 Å². The third-order valence-corrected chi connectivity index (χ3v) is 2.90. The number of cyclic esters (lactones) is 1. The van der Waals surface area contributed by atoms with Crippen LogP contribution in [0.4, 0.5) is 5.69 Å². The highest BCUT2D eigenvalue weighted by atomic mass is 35.5. The van der Waals surface area contributed by atoms with Gasteiger partial charge in [-0.25, -0.2) is 4.79 Å². The number of carbonyl (C=O) groups excluding carboxylic acids is 1. The van der Waals surface area contributed by atoms with Crippen LogP contribution in [0.2, 0.25) is 5.02 Å². The Hall–Kier alpha value is -1.75. The minimum absolute atomic E-state index is 0.0337. The highest BCUT2D eigenvalue weighted by molar-refractivity contribution is 6.36. The third-order valence-electron chi connectivity index (χ3n) is 2.50. The van der Waals surface area contributed by atoms with Gasteiger partial charge in [0.1, 0.15) is 6.61 Å². The number of rotatable bonds is 2. The summed E-state index contributed by atoms with van der Waals surface area (Å²) in [6, 6.07) is 5.47. The van der Waals surface area contributed by atoms with Gasteiger partial charge in [-0.05, 0) is 31.5 Å². The lowest BCUT2D eigenvalue weighted by molar-refractivity contribution is -0.137. The van der Waals surface area contributed by atoms with E-state index < -0.39 is 5.97 Å². The van der Waals surface area contributed by atoms with E-state index in [2.05, 4.69) is 15.8 Å². The van der Waals surface area contributed by atoms with Crippen LogP contribution in [0.3, 0.4) is 0 Å². The molecule has 0 saturated carbocycles. The first-order chi connectivity index (χ1) is 8.56. The topological polar surface area (TPSA) is 62.7 Å². The minimum Gasteiger partial charge on any atom is -0.458 e. The van der Waals surface area contributed by atoms with Gasteiger partial charge in [0.2, 0.25) is 5.84 Å². The van der Waals surface area contributed by atoms with Crippen LogP contribution in [0.15, 0.2) is 23.2 Å². The zero-order chi connectivity index (χ0) is 13.1. The number of hydrogen-bond donors (Lipinski definition) is 2. The van der Waals surface area contributed by atoms with Crippen LogP contribution < -0.4 is 10.9 Å². The van der Waals surface area contributed by atoms with Gasteiger partial charge in [0.15, 0.2) is 0 Å². The summed E-state index contributed by atoms with van der Waals surface area (Å²) in [7, 11) is 0. The number of anilines is 1. The Bertz CT molecular complexity index is 502. The Morgan fingerprint density at radius 2 is 2.22 bits per heavy atom. The van der Waals surface area contributed by atoms with Crippen molar-refractivity contribution in [1.29, 1.82) is 0 Å². The number of hydrogen-bond acceptors (Lipinski definition) is 5. The SMILES string of the molecule is Cc1ccc(NNC2=N[C@H](C)COC2=O)cc1Cl. The first-order valence-electron chi connectivity index (χ1n) is 5.59. The van der Waals surface area contributed by atoms with E-state index in [-0.39, 0.29) is 11.9 Å². The molecule has 0 unspecified atom stereocenters. The Balaban J connectivity index is 2.02. The van der Waals surface area contributed by atoms with E-state index in [0.29, 0.717) is 11.6 Å². The zero-order valence-electron chi connectivity index (χ0n) is 10.2. The molecule has 0 aromatic heterocycles. The molecule has 0 radical (unpaired) electrons. The number of carbonyl (C=O) groups is 1. The molecular weight excluding hydrogens is 254 g/mol. The van der Waals surface area contributed by atoms with Crippen molar-refractivity contribution >= 4 is 29.1 Å². The summed E-state index contributed by atoms with van der Waals surface area (Å²) < 4.78 is 4.94. The van der Waals surface area contributed by atoms with Crippen LogP contribution >= 0.6 is 11.6 Å². The molecule has 0 saturated heterocycles. The molecule has 2 N–H and O–H groups in total. The van der Waals surface area contributed by atoms with Crippen molar-refractivity contribution in [3.63, 3.8) is 0 Å². The van der Waals surface area contributed by atoms with E-state index in [1.165, 1.54) is 0 Å². The molecule has 0 spiro atoms. The van der Waals surface area contributed by atoms with E-state index in [1.807, 2.05) is 26.0 Å². The molecule has 18 heavy (non-hydrogen) atoms. The van der Waals surface area contributed by atoms with Crippen LogP contribution in [-0.2, 0) is 9.53 Å². The van der Waals surface area contributed by atoms with Gasteiger partial charge in [0.05, 0.1) is 11.7 Å². The number of ether oxygens (including phenoxy) is 1. The first kappa shape index (κ1) is 12.7. The molecule has 1 atom stereocenters. The van der Waals surface area contributed by atoms with E-state index in [1.54, 1.807) is 6.07 Å². The third kappa shape index (κ3) is 2.92. The van der Waals surface area contributed by atoms with Gasteiger partial charge >= 0.3 is 5.97 Å². The molecule has 0 fully saturated rings. The fourth-order valence-electron chi connectivity index (χ4n) is 1.46. The van der Waals surface area contributed by atoms with Crippen molar-refractivity contribution < 1.29 is 9.53 Å². The highest BCUT2D eigenvalue weighted by Gasteiger charge is 2.20. The summed E-state index contributed by atoms with van der Waals surface area (Å²) in [5.41, 5.74) is 7.34. The number of amidine groups is 1. The van der Waals surface area contributed by atoms with Crippen molar-refractivity contribution in [3.05, 3.63) is 28.8 Å². The molecular formula is C12H14ClN3O2. The van der Waals surface area contributed by atoms with Crippen LogP contribution in [0.25, 0.3) is 0 Å². The monoisotopic (exact) mass is 267 g/mol. The quantitative estimate of drug-likeness (QED) is 0.635. The lowest BCUT2D eigenvalue weighted by Crippen LogP contribution is -2.41. The van der Waals surface area contributed by atoms with Crippen molar-refractivity contribution in [1.82, 2.24) is 5.43 Å². The van der Waals surface area contributed by atoms with Gasteiger partial charge in [-0.15, -0.1) is 0 Å². The van der Waals surface area contributed by atoms with Gasteiger partial charge < -0.3 is 4.74 Å². The largest absolute Gasteiger partial charge is 0.458 e. The first-order valence-corrected chi connectivity index (χ1v) is 5.97. The molecule has 0 aliphatic carbocycles. The average Bonchev–Trinajstić information content (AvgIpc) is 2.34. The Labute approximate surface area is 110 Å². The molecule has 5 nitrogen and oxygen atoms in total. The highest BCUT2D eigenvalue weighted by Crippen LogP contribution is 2.19. The Morgan fingerprint density at radius 1 is 1.44 bits per heavy atom. The number of esters is 1. The number of nitrogens with one attached hydrogen (secondary N) is 2. The van der Waals surface area contributed by atoms with Gasteiger partial charge in [-0.2, -0.15) is 0 Å². The standard InChI is InChI=1S/C12H14ClN3O2/c1-7-3-4-9(5-10(7)13)15-16-11-12(17)18-6-8(2)14-11/h3-5,8,15H,6H2,1-2H3,(H,14,16)/t8-/m1/s1. The Morgan fingerprint density at radius 3 is 2.94 bits per heavy atom. The molecule has 6 heteroatoms. The normalized spacial score (nSPS) is 18.9. The van der Waals surface area contributed by atoms with E-state index >= 15 is 0 Å². The number of hydrazine groups is 1. The fraction of sp³-hybridized carbons (Fsp3) is 0.333. The van der Waals surface area contributed by atoms with Crippen LogP contribution in [-0.4, -0.2) is 24.5 Å². The lowest BCUT2D eigenvalue weighted by Gasteiger charge is -2.18. The van der Waals surface area contributed by atoms with Crippen LogP contribution in [0, 0.1) is 6.92 Å². The van der Waals surface area contributed by atoms with Crippen LogP contribution in [0.5, 0.6) is 0 Å². The summed E-state index contributed by atoms with van der Waals surface area (Å²) in [6.45, 7) is 4.11. The second-order valence-corrected chi connectivity index (χ2v) is 4.55.